The average molecular weight is 446 g/mol. The molecule has 0 atom stereocenters. The van der Waals surface area contributed by atoms with Crippen molar-refractivity contribution < 1.29 is 4.79 Å². The molecule has 2 aromatic heterocycles. The summed E-state index contributed by atoms with van der Waals surface area (Å²) in [5.74, 6) is -0.147. The third-order valence-electron chi connectivity index (χ3n) is 4.58. The number of nitrogens with one attached hydrogen (secondary N) is 2. The van der Waals surface area contributed by atoms with Crippen LogP contribution in [0.25, 0.3) is 10.6 Å². The van der Waals surface area contributed by atoms with Gasteiger partial charge in [-0.2, -0.15) is 5.10 Å². The molecule has 3 heterocycles. The first-order valence-electron chi connectivity index (χ1n) is 8.57. The van der Waals surface area contributed by atoms with Crippen LogP contribution in [0.4, 0.5) is 0 Å². The summed E-state index contributed by atoms with van der Waals surface area (Å²) in [5.41, 5.74) is 3.76. The van der Waals surface area contributed by atoms with Crippen molar-refractivity contribution >= 4 is 42.1 Å². The largest absolute Gasteiger partial charge is 0.348 e. The summed E-state index contributed by atoms with van der Waals surface area (Å²) < 4.78 is 1.32. The molecule has 7 nitrogen and oxygen atoms in total. The third kappa shape index (κ3) is 5.00. The minimum absolute atomic E-state index is 0. The number of amides is 1. The van der Waals surface area contributed by atoms with Gasteiger partial charge >= 0.3 is 0 Å². The molecule has 154 valence electrons. The van der Waals surface area contributed by atoms with E-state index in [0.717, 1.165) is 30.8 Å². The lowest BCUT2D eigenvalue weighted by molar-refractivity contribution is 0.0960. The van der Waals surface area contributed by atoms with Gasteiger partial charge < -0.3 is 10.6 Å². The van der Waals surface area contributed by atoms with Gasteiger partial charge in [0.2, 0.25) is 0 Å². The predicted molar refractivity (Wildman–Crippen MR) is 117 cm³/mol. The number of rotatable bonds is 4. The van der Waals surface area contributed by atoms with E-state index in [1.54, 1.807) is 14.0 Å². The fourth-order valence-electron chi connectivity index (χ4n) is 2.92. The quantitative estimate of drug-likeness (QED) is 0.704. The molecule has 1 aliphatic heterocycles. The summed E-state index contributed by atoms with van der Waals surface area (Å²) >= 11 is 1.26. The van der Waals surface area contributed by atoms with Crippen LogP contribution in [0.5, 0.6) is 0 Å². The van der Waals surface area contributed by atoms with Crippen LogP contribution in [0, 0.1) is 20.8 Å². The molecule has 0 saturated carbocycles. The number of carbonyl (C=O) groups excluding carboxylic acids is 1. The highest BCUT2D eigenvalue weighted by atomic mass is 35.5. The van der Waals surface area contributed by atoms with Gasteiger partial charge in [-0.3, -0.25) is 9.59 Å². The van der Waals surface area contributed by atoms with E-state index in [0.29, 0.717) is 27.7 Å². The molecule has 10 heteroatoms. The fourth-order valence-corrected chi connectivity index (χ4v) is 4.00. The van der Waals surface area contributed by atoms with Crippen LogP contribution in [-0.2, 0) is 7.05 Å². The number of hydrogen-bond donors (Lipinski definition) is 2. The van der Waals surface area contributed by atoms with E-state index in [2.05, 4.69) is 26.8 Å². The lowest BCUT2D eigenvalue weighted by atomic mass is 10.1. The number of nitrogens with zero attached hydrogens (tertiary/aromatic N) is 3. The molecule has 2 N–H and O–H groups in total. The van der Waals surface area contributed by atoms with Crippen molar-refractivity contribution in [2.24, 2.45) is 7.05 Å². The Morgan fingerprint density at radius 3 is 2.64 bits per heavy atom. The van der Waals surface area contributed by atoms with E-state index >= 15 is 0 Å². The zero-order valence-corrected chi connectivity index (χ0v) is 18.7. The number of halogens is 2. The van der Waals surface area contributed by atoms with Crippen molar-refractivity contribution in [3.63, 3.8) is 0 Å². The topological polar surface area (TPSA) is 88.9 Å². The van der Waals surface area contributed by atoms with Crippen LogP contribution in [0.15, 0.2) is 16.4 Å². The van der Waals surface area contributed by atoms with E-state index in [-0.39, 0.29) is 36.3 Å². The van der Waals surface area contributed by atoms with Gasteiger partial charge in [0.25, 0.3) is 11.5 Å². The summed E-state index contributed by atoms with van der Waals surface area (Å²) in [6.45, 7) is 7.85. The van der Waals surface area contributed by atoms with E-state index in [1.165, 1.54) is 21.6 Å². The highest BCUT2D eigenvalue weighted by molar-refractivity contribution is 7.17. The second-order valence-corrected chi connectivity index (χ2v) is 7.45. The highest BCUT2D eigenvalue weighted by Gasteiger charge is 2.21. The van der Waals surface area contributed by atoms with E-state index < -0.39 is 0 Å². The molecular formula is C18H25Cl2N5O2S. The van der Waals surface area contributed by atoms with Crippen molar-refractivity contribution in [3.05, 3.63) is 43.8 Å². The fraction of sp³-hybridized carbons (Fsp3) is 0.444. The number of aryl methyl sites for hydroxylation is 3. The Morgan fingerprint density at radius 1 is 1.29 bits per heavy atom. The number of carbonyl (C=O) groups is 1. The van der Waals surface area contributed by atoms with Gasteiger partial charge in [-0.05, 0) is 39.3 Å². The van der Waals surface area contributed by atoms with Gasteiger partial charge in [0.15, 0.2) is 0 Å². The Morgan fingerprint density at radius 2 is 2.00 bits per heavy atom. The molecule has 1 amide bonds. The van der Waals surface area contributed by atoms with Crippen molar-refractivity contribution in [1.82, 2.24) is 25.4 Å². The summed E-state index contributed by atoms with van der Waals surface area (Å²) in [5, 5.41) is 11.0. The molecule has 0 aliphatic carbocycles. The van der Waals surface area contributed by atoms with Crippen LogP contribution < -0.4 is 16.2 Å². The first-order chi connectivity index (χ1) is 12.4. The SMILES string of the molecule is Cc1nc(-c2c(C)c(C)nn(C)c2=O)sc1C(=O)NCC1=CCNCC1.Cl.Cl. The molecule has 0 fully saturated rings. The normalized spacial score (nSPS) is 13.2. The van der Waals surface area contributed by atoms with E-state index in [1.807, 2.05) is 13.8 Å². The molecule has 28 heavy (non-hydrogen) atoms. The van der Waals surface area contributed by atoms with E-state index in [4.69, 9.17) is 0 Å². The van der Waals surface area contributed by atoms with Gasteiger partial charge in [0, 0.05) is 20.1 Å². The van der Waals surface area contributed by atoms with Gasteiger partial charge in [0.1, 0.15) is 9.88 Å². The maximum absolute atomic E-state index is 12.6. The molecule has 0 radical (unpaired) electrons. The van der Waals surface area contributed by atoms with E-state index in [9.17, 15) is 9.59 Å². The molecule has 0 spiro atoms. The van der Waals surface area contributed by atoms with Gasteiger partial charge in [-0.1, -0.05) is 11.6 Å². The number of hydrogen-bond acceptors (Lipinski definition) is 6. The van der Waals surface area contributed by atoms with Gasteiger partial charge in [-0.15, -0.1) is 36.2 Å². The smallest absolute Gasteiger partial charge is 0.277 e. The Hall–Kier alpha value is -1.74. The molecule has 0 bridgehead atoms. The second kappa shape index (κ2) is 10.2. The molecule has 0 saturated heterocycles. The molecule has 1 aliphatic rings. The zero-order valence-electron chi connectivity index (χ0n) is 16.3. The lowest BCUT2D eigenvalue weighted by Gasteiger charge is -2.14. The lowest BCUT2D eigenvalue weighted by Crippen LogP contribution is -2.29. The molecule has 3 rings (SSSR count). The van der Waals surface area contributed by atoms with Crippen molar-refractivity contribution in [1.29, 1.82) is 0 Å². The Labute approximate surface area is 180 Å². The molecule has 2 aromatic rings. The number of aromatic nitrogens is 3. The number of thiazole rings is 1. The van der Waals surface area contributed by atoms with Crippen LogP contribution in [0.2, 0.25) is 0 Å². The minimum Gasteiger partial charge on any atom is -0.348 e. The van der Waals surface area contributed by atoms with Crippen molar-refractivity contribution in [2.45, 2.75) is 27.2 Å². The highest BCUT2D eigenvalue weighted by Crippen LogP contribution is 2.28. The van der Waals surface area contributed by atoms with Crippen LogP contribution in [-0.4, -0.2) is 40.3 Å². The molecule has 0 unspecified atom stereocenters. The Bertz CT molecular complexity index is 952. The molecule has 0 aromatic carbocycles. The monoisotopic (exact) mass is 445 g/mol. The minimum atomic E-state index is -0.200. The summed E-state index contributed by atoms with van der Waals surface area (Å²) in [6.07, 6.45) is 3.06. The van der Waals surface area contributed by atoms with Crippen molar-refractivity contribution in [3.8, 4) is 10.6 Å². The standard InChI is InChI=1S/C18H23N5O2S.2ClH/c1-10-11(2)22-23(4)18(25)14(10)17-21-12(3)15(26-17)16(24)20-9-13-5-7-19-8-6-13;;/h5,19H,6-9H2,1-4H3,(H,20,24);2*1H. The third-order valence-corrected chi connectivity index (χ3v) is 5.75. The zero-order chi connectivity index (χ0) is 18.8. The first-order valence-corrected chi connectivity index (χ1v) is 9.39. The maximum atomic E-state index is 12.6. The van der Waals surface area contributed by atoms with Crippen LogP contribution in [0.3, 0.4) is 0 Å². The Balaban J connectivity index is 0.00000196. The second-order valence-electron chi connectivity index (χ2n) is 6.45. The van der Waals surface area contributed by atoms with Gasteiger partial charge in [-0.25, -0.2) is 9.67 Å². The average Bonchev–Trinajstić information content (AvgIpc) is 3.00. The molecular weight excluding hydrogens is 421 g/mol. The first kappa shape index (κ1) is 24.3. The Kier molecular flexibility index (Phi) is 8.81. The maximum Gasteiger partial charge on any atom is 0.277 e. The summed E-state index contributed by atoms with van der Waals surface area (Å²) in [7, 11) is 1.62. The van der Waals surface area contributed by atoms with Crippen LogP contribution in [0.1, 0.15) is 33.0 Å². The van der Waals surface area contributed by atoms with Crippen molar-refractivity contribution in [2.75, 3.05) is 19.6 Å². The van der Waals surface area contributed by atoms with Gasteiger partial charge in [0.05, 0.1) is 17.0 Å². The summed E-state index contributed by atoms with van der Waals surface area (Å²) in [4.78, 5) is 30.1. The van der Waals surface area contributed by atoms with Crippen LogP contribution >= 0.6 is 36.2 Å². The predicted octanol–water partition coefficient (Wildman–Crippen LogP) is 2.32. The summed E-state index contributed by atoms with van der Waals surface area (Å²) in [6, 6.07) is 0.